The molecule has 2 atom stereocenters. The van der Waals surface area contributed by atoms with Crippen molar-refractivity contribution in [3.63, 3.8) is 0 Å². The smallest absolute Gasteiger partial charge is 0.315 e. The molecule has 6 nitrogen and oxygen atoms in total. The number of aromatic nitrogens is 2. The van der Waals surface area contributed by atoms with Crippen LogP contribution in [-0.2, 0) is 13.5 Å². The van der Waals surface area contributed by atoms with Crippen LogP contribution >= 0.6 is 15.9 Å². The van der Waals surface area contributed by atoms with Gasteiger partial charge in [-0.3, -0.25) is 4.68 Å². The van der Waals surface area contributed by atoms with Crippen molar-refractivity contribution < 1.29 is 4.79 Å². The van der Waals surface area contributed by atoms with E-state index in [1.165, 1.54) is 11.1 Å². The Morgan fingerprint density at radius 1 is 1.48 bits per heavy atom. The maximum Gasteiger partial charge on any atom is 0.315 e. The van der Waals surface area contributed by atoms with E-state index in [9.17, 15) is 4.79 Å². The van der Waals surface area contributed by atoms with Crippen LogP contribution in [0.2, 0.25) is 0 Å². The minimum Gasteiger partial charge on any atom is -0.336 e. The number of halogens is 1. The van der Waals surface area contributed by atoms with Gasteiger partial charge in [0.1, 0.15) is 0 Å². The third kappa shape index (κ3) is 4.22. The molecule has 0 spiro atoms. The molecule has 0 bridgehead atoms. The molecule has 2 unspecified atom stereocenters. The van der Waals surface area contributed by atoms with Crippen molar-refractivity contribution in [2.45, 2.75) is 24.9 Å². The number of nitrogens with zero attached hydrogens (tertiary/aromatic N) is 3. The Morgan fingerprint density at radius 3 is 2.96 bits per heavy atom. The van der Waals surface area contributed by atoms with Gasteiger partial charge in [0.05, 0.1) is 18.3 Å². The Labute approximate surface area is 156 Å². The molecule has 1 aliphatic rings. The molecule has 0 saturated carbocycles. The Bertz CT molecular complexity index is 758. The van der Waals surface area contributed by atoms with Crippen LogP contribution in [0.3, 0.4) is 0 Å². The molecule has 0 radical (unpaired) electrons. The molecule has 7 heteroatoms. The molecular weight excluding hydrogens is 382 g/mol. The van der Waals surface area contributed by atoms with Crippen LogP contribution in [0, 0.1) is 0 Å². The van der Waals surface area contributed by atoms with Crippen molar-refractivity contribution in [3.05, 3.63) is 51.8 Å². The lowest BCUT2D eigenvalue weighted by molar-refractivity contribution is 0.229. The van der Waals surface area contributed by atoms with Crippen LogP contribution in [0.4, 0.5) is 4.79 Å². The van der Waals surface area contributed by atoms with E-state index in [1.54, 1.807) is 4.68 Å². The number of hydrogen-bond acceptors (Lipinski definition) is 3. The first kappa shape index (κ1) is 17.9. The number of aryl methyl sites for hydroxylation is 2. The Hall–Kier alpha value is -1.86. The van der Waals surface area contributed by atoms with Gasteiger partial charge in [-0.15, -0.1) is 0 Å². The van der Waals surface area contributed by atoms with Crippen LogP contribution in [0.15, 0.2) is 35.1 Å². The van der Waals surface area contributed by atoms with Gasteiger partial charge in [0.25, 0.3) is 0 Å². The normalized spacial score (nSPS) is 17.4. The third-order valence-electron chi connectivity index (χ3n) is 4.68. The molecule has 0 aliphatic heterocycles. The molecule has 1 heterocycles. The molecule has 0 fully saturated rings. The zero-order valence-corrected chi connectivity index (χ0v) is 16.4. The van der Waals surface area contributed by atoms with E-state index >= 15 is 0 Å². The number of benzene rings is 1. The lowest BCUT2D eigenvalue weighted by Gasteiger charge is -2.24. The number of fused-ring (bicyclic) bond motifs is 1. The molecule has 1 aromatic carbocycles. The maximum absolute atomic E-state index is 12.4. The molecule has 1 aliphatic carbocycles. The summed E-state index contributed by atoms with van der Waals surface area (Å²) in [5, 5.41) is 10.3. The van der Waals surface area contributed by atoms with Crippen molar-refractivity contribution in [2.75, 3.05) is 20.6 Å². The zero-order chi connectivity index (χ0) is 18.0. The second-order valence-corrected chi connectivity index (χ2v) is 7.63. The molecule has 25 heavy (non-hydrogen) atoms. The number of amides is 2. The number of carbonyl (C=O) groups excluding carboxylic acids is 1. The second-order valence-electron chi connectivity index (χ2n) is 6.72. The van der Waals surface area contributed by atoms with E-state index in [0.29, 0.717) is 6.54 Å². The number of nitrogens with one attached hydrogen (secondary N) is 2. The molecular formula is C18H24BrN5O. The van der Waals surface area contributed by atoms with Gasteiger partial charge in [-0.1, -0.05) is 22.0 Å². The SMILES string of the molecule is CN(C)C(CNC(=O)NC1CCc2cc(Br)ccc21)c1cnn(C)c1. The average molecular weight is 406 g/mol. The minimum atomic E-state index is -0.128. The van der Waals surface area contributed by atoms with Gasteiger partial charge in [0.2, 0.25) is 0 Å². The van der Waals surface area contributed by atoms with E-state index in [1.807, 2.05) is 39.6 Å². The largest absolute Gasteiger partial charge is 0.336 e. The summed E-state index contributed by atoms with van der Waals surface area (Å²) >= 11 is 3.50. The average Bonchev–Trinajstić information content (AvgIpc) is 3.14. The molecule has 0 saturated heterocycles. The summed E-state index contributed by atoms with van der Waals surface area (Å²) in [5.41, 5.74) is 3.61. The summed E-state index contributed by atoms with van der Waals surface area (Å²) < 4.78 is 2.86. The van der Waals surface area contributed by atoms with Crippen LogP contribution in [0.25, 0.3) is 0 Å². The Balaban J connectivity index is 1.58. The number of hydrogen-bond donors (Lipinski definition) is 2. The quantitative estimate of drug-likeness (QED) is 0.803. The predicted molar refractivity (Wildman–Crippen MR) is 101 cm³/mol. The summed E-state index contributed by atoms with van der Waals surface area (Å²) in [5.74, 6) is 0. The summed E-state index contributed by atoms with van der Waals surface area (Å²) in [6, 6.07) is 6.30. The monoisotopic (exact) mass is 405 g/mol. The van der Waals surface area contributed by atoms with Crippen LogP contribution in [0.1, 0.15) is 35.2 Å². The summed E-state index contributed by atoms with van der Waals surface area (Å²) in [7, 11) is 5.90. The highest BCUT2D eigenvalue weighted by Crippen LogP contribution is 2.32. The number of carbonyl (C=O) groups is 1. The number of urea groups is 1. The number of likely N-dealkylation sites (N-methyl/N-ethyl adjacent to an activating group) is 1. The molecule has 2 aromatic rings. The van der Waals surface area contributed by atoms with Crippen molar-refractivity contribution in [2.24, 2.45) is 7.05 Å². The summed E-state index contributed by atoms with van der Waals surface area (Å²) in [6.45, 7) is 0.532. The number of rotatable bonds is 5. The van der Waals surface area contributed by atoms with Crippen LogP contribution < -0.4 is 10.6 Å². The van der Waals surface area contributed by atoms with Gasteiger partial charge >= 0.3 is 6.03 Å². The van der Waals surface area contributed by atoms with Gasteiger partial charge in [-0.05, 0) is 50.2 Å². The molecule has 1 aromatic heterocycles. The van der Waals surface area contributed by atoms with E-state index in [0.717, 1.165) is 22.9 Å². The first-order valence-corrected chi connectivity index (χ1v) is 9.21. The van der Waals surface area contributed by atoms with E-state index in [2.05, 4.69) is 48.7 Å². The lowest BCUT2D eigenvalue weighted by atomic mass is 10.1. The lowest BCUT2D eigenvalue weighted by Crippen LogP contribution is -2.41. The molecule has 134 valence electrons. The van der Waals surface area contributed by atoms with Gasteiger partial charge in [0, 0.05) is 29.8 Å². The van der Waals surface area contributed by atoms with E-state index in [4.69, 9.17) is 0 Å². The summed E-state index contributed by atoms with van der Waals surface area (Å²) in [6.07, 6.45) is 5.76. The van der Waals surface area contributed by atoms with Crippen molar-refractivity contribution in [1.29, 1.82) is 0 Å². The fourth-order valence-corrected chi connectivity index (χ4v) is 3.75. The third-order valence-corrected chi connectivity index (χ3v) is 5.17. The van der Waals surface area contributed by atoms with Gasteiger partial charge in [0.15, 0.2) is 0 Å². The Kier molecular flexibility index (Phi) is 5.44. The van der Waals surface area contributed by atoms with Gasteiger partial charge < -0.3 is 15.5 Å². The maximum atomic E-state index is 12.4. The van der Waals surface area contributed by atoms with Gasteiger partial charge in [-0.2, -0.15) is 5.10 Å². The van der Waals surface area contributed by atoms with Crippen LogP contribution in [-0.4, -0.2) is 41.4 Å². The zero-order valence-electron chi connectivity index (χ0n) is 14.8. The molecule has 2 amide bonds. The van der Waals surface area contributed by atoms with Crippen molar-refractivity contribution >= 4 is 22.0 Å². The highest BCUT2D eigenvalue weighted by Gasteiger charge is 2.24. The standard InChI is InChI=1S/C18H24BrN5O/c1-23(2)17(13-9-21-24(3)11-13)10-20-18(25)22-16-7-4-12-8-14(19)5-6-15(12)16/h5-6,8-9,11,16-17H,4,7,10H2,1-3H3,(H2,20,22,25). The highest BCUT2D eigenvalue weighted by atomic mass is 79.9. The van der Waals surface area contributed by atoms with Crippen molar-refractivity contribution in [3.8, 4) is 0 Å². The first-order valence-electron chi connectivity index (χ1n) is 8.41. The first-order chi connectivity index (χ1) is 11.9. The molecule has 3 rings (SSSR count). The van der Waals surface area contributed by atoms with E-state index in [-0.39, 0.29) is 18.1 Å². The summed E-state index contributed by atoms with van der Waals surface area (Å²) in [4.78, 5) is 14.5. The van der Waals surface area contributed by atoms with Gasteiger partial charge in [-0.25, -0.2) is 4.79 Å². The van der Waals surface area contributed by atoms with Crippen LogP contribution in [0.5, 0.6) is 0 Å². The topological polar surface area (TPSA) is 62.2 Å². The fourth-order valence-electron chi connectivity index (χ4n) is 3.35. The Morgan fingerprint density at radius 2 is 2.28 bits per heavy atom. The fraction of sp³-hybridized carbons (Fsp3) is 0.444. The predicted octanol–water partition coefficient (Wildman–Crippen LogP) is 2.77. The second kappa shape index (κ2) is 7.58. The molecule has 2 N–H and O–H groups in total. The van der Waals surface area contributed by atoms with Crippen molar-refractivity contribution in [1.82, 2.24) is 25.3 Å². The minimum absolute atomic E-state index is 0.0827. The van der Waals surface area contributed by atoms with E-state index < -0.39 is 0 Å². The highest BCUT2D eigenvalue weighted by molar-refractivity contribution is 9.10.